The van der Waals surface area contributed by atoms with Gasteiger partial charge < -0.3 is 10.4 Å². The van der Waals surface area contributed by atoms with Gasteiger partial charge in [-0.3, -0.25) is 0 Å². The molecule has 0 atom stereocenters. The van der Waals surface area contributed by atoms with Crippen LogP contribution in [0.3, 0.4) is 0 Å². The molecule has 18 heavy (non-hydrogen) atoms. The van der Waals surface area contributed by atoms with Crippen LogP contribution in [0.2, 0.25) is 0 Å². The van der Waals surface area contributed by atoms with Crippen LogP contribution in [0.25, 0.3) is 10.2 Å². The molecule has 3 aromatic rings. The Morgan fingerprint density at radius 2 is 2.17 bits per heavy atom. The normalized spacial score (nSPS) is 10.7. The summed E-state index contributed by atoms with van der Waals surface area (Å²) in [7, 11) is 0. The molecule has 6 heteroatoms. The van der Waals surface area contributed by atoms with Crippen LogP contribution in [0.15, 0.2) is 30.0 Å². The van der Waals surface area contributed by atoms with E-state index < -0.39 is 0 Å². The Bertz CT molecular complexity index is 710. The lowest BCUT2D eigenvalue weighted by Crippen LogP contribution is -1.96. The maximum absolute atomic E-state index is 9.65. The topological polar surface area (TPSA) is 70.9 Å². The highest BCUT2D eigenvalue weighted by Crippen LogP contribution is 2.31. The minimum Gasteiger partial charge on any atom is -0.492 e. The van der Waals surface area contributed by atoms with E-state index in [-0.39, 0.29) is 5.88 Å². The average molecular weight is 258 g/mol. The fraction of sp³-hybridized carbons (Fsp3) is 0.0833. The molecule has 0 aliphatic rings. The van der Waals surface area contributed by atoms with Gasteiger partial charge >= 0.3 is 0 Å². The van der Waals surface area contributed by atoms with E-state index in [1.165, 1.54) is 12.5 Å². The number of aromatic hydroxyl groups is 1. The largest absolute Gasteiger partial charge is 0.492 e. The summed E-state index contributed by atoms with van der Waals surface area (Å²) in [5.41, 5.74) is 1.64. The van der Waals surface area contributed by atoms with Crippen LogP contribution in [0.1, 0.15) is 5.56 Å². The van der Waals surface area contributed by atoms with E-state index in [0.717, 1.165) is 15.8 Å². The minimum atomic E-state index is -0.0443. The first-order chi connectivity index (χ1) is 8.75. The Morgan fingerprint density at radius 3 is 3.00 bits per heavy atom. The number of pyridine rings is 1. The number of nitrogens with one attached hydrogen (secondary N) is 1. The first-order valence-electron chi connectivity index (χ1n) is 5.35. The number of rotatable bonds is 2. The molecule has 0 bridgehead atoms. The van der Waals surface area contributed by atoms with Gasteiger partial charge in [-0.15, -0.1) is 11.3 Å². The number of hydrogen-bond donors (Lipinski definition) is 2. The van der Waals surface area contributed by atoms with E-state index in [2.05, 4.69) is 20.3 Å². The van der Waals surface area contributed by atoms with Crippen LogP contribution in [-0.2, 0) is 0 Å². The Labute approximate surface area is 107 Å². The second kappa shape index (κ2) is 4.23. The lowest BCUT2D eigenvalue weighted by Gasteiger charge is -2.07. The quantitative estimate of drug-likeness (QED) is 0.739. The summed E-state index contributed by atoms with van der Waals surface area (Å²) >= 11 is 1.57. The van der Waals surface area contributed by atoms with Crippen molar-refractivity contribution >= 4 is 33.1 Å². The summed E-state index contributed by atoms with van der Waals surface area (Å²) in [4.78, 5) is 13.2. The van der Waals surface area contributed by atoms with Crippen LogP contribution in [0.4, 0.5) is 11.5 Å². The van der Waals surface area contributed by atoms with Crippen molar-refractivity contribution in [2.75, 3.05) is 5.32 Å². The van der Waals surface area contributed by atoms with Gasteiger partial charge in [0.05, 0.1) is 5.39 Å². The Kier molecular flexibility index (Phi) is 2.56. The molecule has 0 saturated heterocycles. The fourth-order valence-corrected chi connectivity index (χ4v) is 2.62. The van der Waals surface area contributed by atoms with Crippen molar-refractivity contribution in [3.63, 3.8) is 0 Å². The van der Waals surface area contributed by atoms with Gasteiger partial charge in [-0.2, -0.15) is 0 Å². The standard InChI is InChI=1S/C12H10N4OS/c1-7-5-18-12-9(7)10(14-6-15-12)16-8-3-2-4-13-11(8)17/h2-6H,1H3,(H,13,17)(H,14,15,16). The lowest BCUT2D eigenvalue weighted by atomic mass is 10.2. The van der Waals surface area contributed by atoms with Crippen molar-refractivity contribution in [2.45, 2.75) is 6.92 Å². The zero-order valence-corrected chi connectivity index (χ0v) is 10.4. The molecule has 0 saturated carbocycles. The molecule has 2 N–H and O–H groups in total. The van der Waals surface area contributed by atoms with Gasteiger partial charge in [0.15, 0.2) is 0 Å². The summed E-state index contributed by atoms with van der Waals surface area (Å²) in [6, 6.07) is 3.50. The number of thiophene rings is 1. The molecular weight excluding hydrogens is 248 g/mol. The highest BCUT2D eigenvalue weighted by atomic mass is 32.1. The smallest absolute Gasteiger partial charge is 0.235 e. The molecule has 0 aliphatic carbocycles. The molecule has 5 nitrogen and oxygen atoms in total. The van der Waals surface area contributed by atoms with Crippen molar-refractivity contribution < 1.29 is 5.11 Å². The molecule has 0 aliphatic heterocycles. The minimum absolute atomic E-state index is 0.0443. The van der Waals surface area contributed by atoms with Gasteiger partial charge in [0.1, 0.15) is 22.7 Å². The number of aromatic nitrogens is 3. The highest BCUT2D eigenvalue weighted by molar-refractivity contribution is 7.17. The van der Waals surface area contributed by atoms with Crippen molar-refractivity contribution in [3.8, 4) is 5.88 Å². The number of anilines is 2. The SMILES string of the molecule is Cc1csc2ncnc(Nc3cccnc3O)c12. The van der Waals surface area contributed by atoms with E-state index in [1.54, 1.807) is 23.5 Å². The summed E-state index contributed by atoms with van der Waals surface area (Å²) in [6.07, 6.45) is 3.04. The van der Waals surface area contributed by atoms with E-state index in [4.69, 9.17) is 0 Å². The van der Waals surface area contributed by atoms with Crippen molar-refractivity contribution in [3.05, 3.63) is 35.6 Å². The van der Waals surface area contributed by atoms with Crippen molar-refractivity contribution in [1.29, 1.82) is 0 Å². The number of aryl methyl sites for hydroxylation is 1. The molecule has 0 radical (unpaired) electrons. The lowest BCUT2D eigenvalue weighted by molar-refractivity contribution is 0.456. The maximum atomic E-state index is 9.65. The van der Waals surface area contributed by atoms with E-state index >= 15 is 0 Å². The Balaban J connectivity index is 2.10. The van der Waals surface area contributed by atoms with E-state index in [0.29, 0.717) is 11.5 Å². The van der Waals surface area contributed by atoms with Gasteiger partial charge in [-0.25, -0.2) is 15.0 Å². The summed E-state index contributed by atoms with van der Waals surface area (Å²) in [6.45, 7) is 2.01. The summed E-state index contributed by atoms with van der Waals surface area (Å²) < 4.78 is 0. The van der Waals surface area contributed by atoms with Gasteiger partial charge in [-0.1, -0.05) is 0 Å². The van der Waals surface area contributed by atoms with Gasteiger partial charge in [-0.05, 0) is 30.0 Å². The molecule has 0 fully saturated rings. The number of hydrogen-bond acceptors (Lipinski definition) is 6. The summed E-state index contributed by atoms with van der Waals surface area (Å²) in [5.74, 6) is 0.638. The molecule has 0 amide bonds. The van der Waals surface area contributed by atoms with Crippen LogP contribution in [0.5, 0.6) is 5.88 Å². The van der Waals surface area contributed by atoms with E-state index in [1.807, 2.05) is 12.3 Å². The first-order valence-corrected chi connectivity index (χ1v) is 6.23. The van der Waals surface area contributed by atoms with Crippen molar-refractivity contribution in [2.24, 2.45) is 0 Å². The third-order valence-corrected chi connectivity index (χ3v) is 3.60. The first kappa shape index (κ1) is 10.9. The Hall–Kier alpha value is -2.21. The third-order valence-electron chi connectivity index (χ3n) is 2.59. The van der Waals surface area contributed by atoms with Crippen LogP contribution in [0, 0.1) is 6.92 Å². The van der Waals surface area contributed by atoms with Gasteiger partial charge in [0.25, 0.3) is 0 Å². The second-order valence-electron chi connectivity index (χ2n) is 3.82. The molecule has 3 heterocycles. The fourth-order valence-electron chi connectivity index (χ4n) is 1.73. The summed E-state index contributed by atoms with van der Waals surface area (Å²) in [5, 5.41) is 15.7. The molecule has 3 aromatic heterocycles. The zero-order valence-electron chi connectivity index (χ0n) is 9.58. The molecule has 90 valence electrons. The maximum Gasteiger partial charge on any atom is 0.235 e. The number of fused-ring (bicyclic) bond motifs is 1. The average Bonchev–Trinajstić information content (AvgIpc) is 2.75. The predicted molar refractivity (Wildman–Crippen MR) is 71.3 cm³/mol. The number of nitrogens with zero attached hydrogens (tertiary/aromatic N) is 3. The third kappa shape index (κ3) is 1.76. The monoisotopic (exact) mass is 258 g/mol. The zero-order chi connectivity index (χ0) is 12.5. The predicted octanol–water partition coefficient (Wildman–Crippen LogP) is 2.84. The van der Waals surface area contributed by atoms with Crippen LogP contribution >= 0.6 is 11.3 Å². The van der Waals surface area contributed by atoms with Crippen LogP contribution in [-0.4, -0.2) is 20.1 Å². The van der Waals surface area contributed by atoms with Gasteiger partial charge in [0.2, 0.25) is 5.88 Å². The van der Waals surface area contributed by atoms with E-state index in [9.17, 15) is 5.11 Å². The molecular formula is C12H10N4OS. The van der Waals surface area contributed by atoms with Gasteiger partial charge in [0, 0.05) is 6.20 Å². The van der Waals surface area contributed by atoms with Crippen molar-refractivity contribution in [1.82, 2.24) is 15.0 Å². The second-order valence-corrected chi connectivity index (χ2v) is 4.68. The molecule has 0 unspecified atom stereocenters. The molecule has 0 aromatic carbocycles. The van der Waals surface area contributed by atoms with Crippen LogP contribution < -0.4 is 5.32 Å². The molecule has 3 rings (SSSR count). The Morgan fingerprint density at radius 1 is 1.28 bits per heavy atom. The molecule has 0 spiro atoms. The highest BCUT2D eigenvalue weighted by Gasteiger charge is 2.10.